The molecular weight excluding hydrogens is 320 g/mol. The largest absolute Gasteiger partial charge is 0.492 e. The molecule has 1 fully saturated rings. The summed E-state index contributed by atoms with van der Waals surface area (Å²) in [6.45, 7) is 1.62. The lowest BCUT2D eigenvalue weighted by Crippen LogP contribution is -2.47. The molecule has 1 aliphatic heterocycles. The van der Waals surface area contributed by atoms with Gasteiger partial charge in [-0.25, -0.2) is 13.2 Å². The van der Waals surface area contributed by atoms with E-state index in [0.29, 0.717) is 25.4 Å². The lowest BCUT2D eigenvalue weighted by molar-refractivity contribution is 0.0840. The third kappa shape index (κ3) is 5.40. The molecule has 2 rings (SSSR count). The summed E-state index contributed by atoms with van der Waals surface area (Å²) in [6, 6.07) is 5.93. The van der Waals surface area contributed by atoms with Crippen molar-refractivity contribution in [3.05, 3.63) is 24.3 Å². The van der Waals surface area contributed by atoms with E-state index < -0.39 is 15.9 Å². The number of piperidine rings is 1. The first-order valence-electron chi connectivity index (χ1n) is 7.50. The topological polar surface area (TPSA) is 95.9 Å². The lowest BCUT2D eigenvalue weighted by Gasteiger charge is -2.30. The summed E-state index contributed by atoms with van der Waals surface area (Å²) in [6.07, 6.45) is 2.24. The summed E-state index contributed by atoms with van der Waals surface area (Å²) < 4.78 is 28.1. The number of carbonyl (C=O) groups is 1. The molecule has 128 valence electrons. The Morgan fingerprint density at radius 2 is 2.09 bits per heavy atom. The normalized spacial score (nSPS) is 18.5. The van der Waals surface area contributed by atoms with Crippen LogP contribution < -0.4 is 10.1 Å². The van der Waals surface area contributed by atoms with E-state index in [2.05, 4.69) is 5.32 Å². The predicted octanol–water partition coefficient (Wildman–Crippen LogP) is 0.635. The number of nitrogens with zero attached hydrogens (tertiary/aromatic N) is 1. The van der Waals surface area contributed by atoms with Gasteiger partial charge in [-0.1, -0.05) is 0 Å². The molecule has 7 nitrogen and oxygen atoms in total. The van der Waals surface area contributed by atoms with E-state index in [1.807, 2.05) is 0 Å². The first-order valence-corrected chi connectivity index (χ1v) is 9.39. The zero-order valence-electron chi connectivity index (χ0n) is 13.1. The number of amides is 2. The number of benzene rings is 1. The number of aliphatic hydroxyl groups excluding tert-OH is 1. The number of hydrogen-bond donors (Lipinski definition) is 2. The molecule has 1 aliphatic rings. The number of sulfone groups is 1. The molecule has 1 aromatic carbocycles. The highest BCUT2D eigenvalue weighted by Gasteiger charge is 2.21. The highest BCUT2D eigenvalue weighted by Crippen LogP contribution is 2.15. The Bertz CT molecular complexity index is 630. The maximum absolute atomic E-state index is 11.9. The molecule has 0 aromatic heterocycles. The molecule has 0 aliphatic carbocycles. The Morgan fingerprint density at radius 3 is 2.70 bits per heavy atom. The van der Waals surface area contributed by atoms with Crippen LogP contribution in [0.15, 0.2) is 29.2 Å². The molecular formula is C15H22N2O5S. The van der Waals surface area contributed by atoms with Gasteiger partial charge in [0, 0.05) is 19.3 Å². The number of rotatable bonds is 5. The minimum absolute atomic E-state index is 0.209. The maximum atomic E-state index is 11.9. The van der Waals surface area contributed by atoms with Gasteiger partial charge in [0.15, 0.2) is 9.84 Å². The number of nitrogens with one attached hydrogen (secondary N) is 1. The molecule has 1 unspecified atom stereocenters. The van der Waals surface area contributed by atoms with Crippen molar-refractivity contribution in [2.75, 3.05) is 32.5 Å². The van der Waals surface area contributed by atoms with Gasteiger partial charge in [-0.3, -0.25) is 0 Å². The van der Waals surface area contributed by atoms with E-state index in [-0.39, 0.29) is 17.5 Å². The van der Waals surface area contributed by atoms with Gasteiger partial charge in [0.05, 0.1) is 17.5 Å². The van der Waals surface area contributed by atoms with Gasteiger partial charge < -0.3 is 20.1 Å². The van der Waals surface area contributed by atoms with Crippen molar-refractivity contribution in [3.63, 3.8) is 0 Å². The standard InChI is InChI=1S/C15H22N2O5S/c1-23(20,21)14-6-4-13(5-7-14)22-10-8-16-15(19)17-9-2-3-12(18)11-17/h4-7,12,18H,2-3,8-11H2,1H3,(H,16,19). The molecule has 2 N–H and O–H groups in total. The molecule has 23 heavy (non-hydrogen) atoms. The fraction of sp³-hybridized carbons (Fsp3) is 0.533. The second-order valence-corrected chi connectivity index (χ2v) is 7.58. The van der Waals surface area contributed by atoms with Crippen LogP contribution in [-0.2, 0) is 9.84 Å². The number of β-amino-alcohol motifs (C(OH)–C–C–N with tert-alkyl or cyclic N) is 1. The molecule has 0 saturated carbocycles. The highest BCUT2D eigenvalue weighted by atomic mass is 32.2. The smallest absolute Gasteiger partial charge is 0.317 e. The van der Waals surface area contributed by atoms with Crippen LogP contribution in [0.1, 0.15) is 12.8 Å². The van der Waals surface area contributed by atoms with E-state index in [4.69, 9.17) is 4.74 Å². The van der Waals surface area contributed by atoms with Crippen LogP contribution >= 0.6 is 0 Å². The number of carbonyl (C=O) groups excluding carboxylic acids is 1. The molecule has 0 bridgehead atoms. The van der Waals surface area contributed by atoms with Crippen LogP contribution in [0.25, 0.3) is 0 Å². The quantitative estimate of drug-likeness (QED) is 0.766. The number of ether oxygens (including phenoxy) is 1. The predicted molar refractivity (Wildman–Crippen MR) is 85.3 cm³/mol. The van der Waals surface area contributed by atoms with Crippen LogP contribution in [0.4, 0.5) is 4.79 Å². The summed E-state index contributed by atoms with van der Waals surface area (Å²) in [4.78, 5) is 13.7. The highest BCUT2D eigenvalue weighted by molar-refractivity contribution is 7.90. The maximum Gasteiger partial charge on any atom is 0.317 e. The van der Waals surface area contributed by atoms with E-state index in [0.717, 1.165) is 19.1 Å². The number of aliphatic hydroxyl groups is 1. The second kappa shape index (κ2) is 7.65. The van der Waals surface area contributed by atoms with E-state index in [1.54, 1.807) is 17.0 Å². The fourth-order valence-corrected chi connectivity index (χ4v) is 2.99. The second-order valence-electron chi connectivity index (χ2n) is 5.57. The first-order chi connectivity index (χ1) is 10.9. The average molecular weight is 342 g/mol. The van der Waals surface area contributed by atoms with Crippen molar-refractivity contribution >= 4 is 15.9 Å². The van der Waals surface area contributed by atoms with Gasteiger partial charge >= 0.3 is 6.03 Å². The SMILES string of the molecule is CS(=O)(=O)c1ccc(OCCNC(=O)N2CCCC(O)C2)cc1. The number of hydrogen-bond acceptors (Lipinski definition) is 5. The van der Waals surface area contributed by atoms with Crippen LogP contribution in [0.5, 0.6) is 5.75 Å². The summed E-state index contributed by atoms with van der Waals surface area (Å²) in [5.74, 6) is 0.542. The van der Waals surface area contributed by atoms with Crippen LogP contribution in [0, 0.1) is 0 Å². The van der Waals surface area contributed by atoms with Gasteiger partial charge in [-0.15, -0.1) is 0 Å². The molecule has 2 amide bonds. The van der Waals surface area contributed by atoms with Crippen molar-refractivity contribution < 1.29 is 23.1 Å². The number of likely N-dealkylation sites (tertiary alicyclic amines) is 1. The fourth-order valence-electron chi connectivity index (χ4n) is 2.36. The summed E-state index contributed by atoms with van der Waals surface area (Å²) in [7, 11) is -3.21. The van der Waals surface area contributed by atoms with E-state index in [9.17, 15) is 18.3 Å². The Kier molecular flexibility index (Phi) is 5.84. The van der Waals surface area contributed by atoms with Gasteiger partial charge in [-0.05, 0) is 37.1 Å². The zero-order valence-corrected chi connectivity index (χ0v) is 13.9. The van der Waals surface area contributed by atoms with E-state index >= 15 is 0 Å². The van der Waals surface area contributed by atoms with Crippen LogP contribution in [0.3, 0.4) is 0 Å². The van der Waals surface area contributed by atoms with Gasteiger partial charge in [0.25, 0.3) is 0 Å². The molecule has 1 aromatic rings. The summed E-state index contributed by atoms with van der Waals surface area (Å²) in [5.41, 5.74) is 0. The van der Waals surface area contributed by atoms with Crippen molar-refractivity contribution in [1.82, 2.24) is 10.2 Å². The third-order valence-corrected chi connectivity index (χ3v) is 4.71. The Labute approximate surface area is 136 Å². The Morgan fingerprint density at radius 1 is 1.39 bits per heavy atom. The molecule has 0 radical (unpaired) electrons. The van der Waals surface area contributed by atoms with Crippen molar-refractivity contribution in [1.29, 1.82) is 0 Å². The van der Waals surface area contributed by atoms with Crippen LogP contribution in [-0.4, -0.2) is 63.1 Å². The Hall–Kier alpha value is -1.80. The Balaban J connectivity index is 1.72. The monoisotopic (exact) mass is 342 g/mol. The molecule has 1 atom stereocenters. The van der Waals surface area contributed by atoms with Gasteiger partial charge in [-0.2, -0.15) is 0 Å². The van der Waals surface area contributed by atoms with Crippen molar-refractivity contribution in [2.24, 2.45) is 0 Å². The van der Waals surface area contributed by atoms with Gasteiger partial charge in [0.2, 0.25) is 0 Å². The first kappa shape index (κ1) is 17.6. The summed E-state index contributed by atoms with van der Waals surface area (Å²) in [5, 5.41) is 12.3. The number of urea groups is 1. The van der Waals surface area contributed by atoms with Crippen molar-refractivity contribution in [2.45, 2.75) is 23.8 Å². The lowest BCUT2D eigenvalue weighted by atomic mass is 10.1. The third-order valence-electron chi connectivity index (χ3n) is 3.58. The molecule has 1 saturated heterocycles. The summed E-state index contributed by atoms with van der Waals surface area (Å²) >= 11 is 0. The zero-order chi connectivity index (χ0) is 16.9. The molecule has 8 heteroatoms. The van der Waals surface area contributed by atoms with E-state index in [1.165, 1.54) is 12.1 Å². The molecule has 1 heterocycles. The molecule has 0 spiro atoms. The minimum Gasteiger partial charge on any atom is -0.492 e. The average Bonchev–Trinajstić information content (AvgIpc) is 2.51. The van der Waals surface area contributed by atoms with Gasteiger partial charge in [0.1, 0.15) is 12.4 Å². The van der Waals surface area contributed by atoms with Crippen LogP contribution in [0.2, 0.25) is 0 Å². The minimum atomic E-state index is -3.21. The van der Waals surface area contributed by atoms with Crippen molar-refractivity contribution in [3.8, 4) is 5.75 Å².